The van der Waals surface area contributed by atoms with Crippen molar-refractivity contribution in [1.82, 2.24) is 15.2 Å². The van der Waals surface area contributed by atoms with Crippen LogP contribution in [0.5, 0.6) is 0 Å². The predicted molar refractivity (Wildman–Crippen MR) is 90.9 cm³/mol. The quantitative estimate of drug-likeness (QED) is 0.941. The molecule has 0 unspecified atom stereocenters. The summed E-state index contributed by atoms with van der Waals surface area (Å²) >= 11 is 0. The highest BCUT2D eigenvalue weighted by molar-refractivity contribution is 5.82. The van der Waals surface area contributed by atoms with Crippen LogP contribution in [0.25, 0.3) is 10.9 Å². The molecule has 3 heteroatoms. The van der Waals surface area contributed by atoms with Gasteiger partial charge in [-0.05, 0) is 36.5 Å². The molecule has 1 aromatic carbocycles. The third-order valence-corrected chi connectivity index (χ3v) is 5.39. The fourth-order valence-electron chi connectivity index (χ4n) is 4.36. The summed E-state index contributed by atoms with van der Waals surface area (Å²) in [6, 6.07) is 11.5. The van der Waals surface area contributed by atoms with Crippen LogP contribution >= 0.6 is 0 Å². The summed E-state index contributed by atoms with van der Waals surface area (Å²) in [5, 5.41) is 4.84. The molecular formula is C19H25N3. The van der Waals surface area contributed by atoms with Crippen molar-refractivity contribution < 1.29 is 0 Å². The number of fused-ring (bicyclic) bond motifs is 1. The summed E-state index contributed by atoms with van der Waals surface area (Å²) < 4.78 is 0. The number of nitrogens with one attached hydrogen (secondary N) is 1. The van der Waals surface area contributed by atoms with E-state index in [2.05, 4.69) is 45.5 Å². The Labute approximate surface area is 132 Å². The van der Waals surface area contributed by atoms with Crippen LogP contribution in [-0.2, 0) is 0 Å². The van der Waals surface area contributed by atoms with Crippen molar-refractivity contribution in [2.75, 3.05) is 26.2 Å². The molecular weight excluding hydrogens is 270 g/mol. The van der Waals surface area contributed by atoms with Crippen molar-refractivity contribution in [1.29, 1.82) is 0 Å². The number of aromatic nitrogens is 1. The Morgan fingerprint density at radius 3 is 2.64 bits per heavy atom. The minimum absolute atomic E-state index is 0.567. The smallest absolute Gasteiger partial charge is 0.0705 e. The van der Waals surface area contributed by atoms with Crippen LogP contribution in [0.4, 0.5) is 0 Å². The first kappa shape index (κ1) is 14.2. The number of hydrogen-bond acceptors (Lipinski definition) is 3. The van der Waals surface area contributed by atoms with E-state index in [1.807, 2.05) is 6.20 Å². The Hall–Kier alpha value is -1.45. The zero-order valence-corrected chi connectivity index (χ0v) is 13.2. The summed E-state index contributed by atoms with van der Waals surface area (Å²) in [7, 11) is 0. The number of para-hydroxylation sites is 1. The maximum atomic E-state index is 4.57. The Morgan fingerprint density at radius 2 is 1.82 bits per heavy atom. The van der Waals surface area contributed by atoms with E-state index in [0.29, 0.717) is 6.04 Å². The second-order valence-corrected chi connectivity index (χ2v) is 6.69. The maximum Gasteiger partial charge on any atom is 0.0705 e. The summed E-state index contributed by atoms with van der Waals surface area (Å²) in [4.78, 5) is 7.28. The Balaban J connectivity index is 1.77. The molecule has 0 bridgehead atoms. The molecule has 22 heavy (non-hydrogen) atoms. The lowest BCUT2D eigenvalue weighted by Crippen LogP contribution is -2.46. The average molecular weight is 295 g/mol. The SMILES string of the molecule is c1ccc2c([C@H](C3CCCC3)N3CCNCC3)ccnc2c1. The number of hydrogen-bond donors (Lipinski definition) is 1. The first-order valence-corrected chi connectivity index (χ1v) is 8.72. The first-order valence-electron chi connectivity index (χ1n) is 8.72. The molecule has 1 aliphatic carbocycles. The summed E-state index contributed by atoms with van der Waals surface area (Å²) in [5.74, 6) is 0.809. The summed E-state index contributed by atoms with van der Waals surface area (Å²) in [6.45, 7) is 4.56. The van der Waals surface area contributed by atoms with E-state index in [-0.39, 0.29) is 0 Å². The number of nitrogens with zero attached hydrogens (tertiary/aromatic N) is 2. The van der Waals surface area contributed by atoms with Crippen LogP contribution in [0.3, 0.4) is 0 Å². The fraction of sp³-hybridized carbons (Fsp3) is 0.526. The summed E-state index contributed by atoms with van der Waals surface area (Å²) in [5.41, 5.74) is 2.64. The van der Waals surface area contributed by atoms with Crippen LogP contribution < -0.4 is 5.32 Å². The number of pyridine rings is 1. The third kappa shape index (κ3) is 2.64. The van der Waals surface area contributed by atoms with Gasteiger partial charge in [0.15, 0.2) is 0 Å². The highest BCUT2D eigenvalue weighted by atomic mass is 15.2. The van der Waals surface area contributed by atoms with Gasteiger partial charge >= 0.3 is 0 Å². The molecule has 2 aromatic rings. The Morgan fingerprint density at radius 1 is 1.05 bits per heavy atom. The van der Waals surface area contributed by atoms with Crippen LogP contribution in [0.15, 0.2) is 36.5 Å². The van der Waals surface area contributed by atoms with E-state index in [9.17, 15) is 0 Å². The molecule has 1 N–H and O–H groups in total. The molecule has 1 saturated carbocycles. The van der Waals surface area contributed by atoms with E-state index in [1.54, 1.807) is 0 Å². The summed E-state index contributed by atoms with van der Waals surface area (Å²) in [6.07, 6.45) is 7.56. The molecule has 3 nitrogen and oxygen atoms in total. The molecule has 2 aliphatic rings. The van der Waals surface area contributed by atoms with E-state index in [0.717, 1.165) is 37.6 Å². The molecule has 0 spiro atoms. The molecule has 116 valence electrons. The second kappa shape index (κ2) is 6.35. The topological polar surface area (TPSA) is 28.2 Å². The average Bonchev–Trinajstić information content (AvgIpc) is 3.11. The maximum absolute atomic E-state index is 4.57. The van der Waals surface area contributed by atoms with Gasteiger partial charge in [-0.1, -0.05) is 31.0 Å². The lowest BCUT2D eigenvalue weighted by molar-refractivity contribution is 0.126. The van der Waals surface area contributed by atoms with Crippen molar-refractivity contribution in [3.8, 4) is 0 Å². The molecule has 0 radical (unpaired) electrons. The molecule has 2 fully saturated rings. The van der Waals surface area contributed by atoms with Gasteiger partial charge in [0.25, 0.3) is 0 Å². The van der Waals surface area contributed by atoms with E-state index < -0.39 is 0 Å². The zero-order chi connectivity index (χ0) is 14.8. The first-order chi connectivity index (χ1) is 10.9. The molecule has 1 aromatic heterocycles. The molecule has 2 heterocycles. The predicted octanol–water partition coefficient (Wildman–Crippen LogP) is 3.37. The van der Waals surface area contributed by atoms with Crippen molar-refractivity contribution in [2.45, 2.75) is 31.7 Å². The highest BCUT2D eigenvalue weighted by Gasteiger charge is 2.32. The van der Waals surface area contributed by atoms with Gasteiger partial charge in [-0.3, -0.25) is 9.88 Å². The van der Waals surface area contributed by atoms with E-state index >= 15 is 0 Å². The van der Waals surface area contributed by atoms with Crippen molar-refractivity contribution in [3.63, 3.8) is 0 Å². The van der Waals surface area contributed by atoms with Gasteiger partial charge in [0, 0.05) is 43.8 Å². The van der Waals surface area contributed by atoms with Gasteiger partial charge < -0.3 is 5.32 Å². The Kier molecular flexibility index (Phi) is 4.09. The van der Waals surface area contributed by atoms with Crippen LogP contribution in [-0.4, -0.2) is 36.1 Å². The monoisotopic (exact) mass is 295 g/mol. The van der Waals surface area contributed by atoms with Gasteiger partial charge in [-0.2, -0.15) is 0 Å². The van der Waals surface area contributed by atoms with Gasteiger partial charge in [-0.15, -0.1) is 0 Å². The minimum Gasteiger partial charge on any atom is -0.314 e. The van der Waals surface area contributed by atoms with Crippen LogP contribution in [0.1, 0.15) is 37.3 Å². The van der Waals surface area contributed by atoms with Gasteiger partial charge in [-0.25, -0.2) is 0 Å². The van der Waals surface area contributed by atoms with Gasteiger partial charge in [0.2, 0.25) is 0 Å². The number of benzene rings is 1. The van der Waals surface area contributed by atoms with E-state index in [1.165, 1.54) is 36.6 Å². The Bertz CT molecular complexity index is 622. The van der Waals surface area contributed by atoms with Gasteiger partial charge in [0.1, 0.15) is 0 Å². The van der Waals surface area contributed by atoms with Crippen molar-refractivity contribution >= 4 is 10.9 Å². The molecule has 1 saturated heterocycles. The van der Waals surface area contributed by atoms with Crippen LogP contribution in [0.2, 0.25) is 0 Å². The third-order valence-electron chi connectivity index (χ3n) is 5.39. The molecule has 1 aliphatic heterocycles. The van der Waals surface area contributed by atoms with Crippen molar-refractivity contribution in [3.05, 3.63) is 42.1 Å². The lowest BCUT2D eigenvalue weighted by atomic mass is 9.88. The number of rotatable bonds is 3. The molecule has 0 amide bonds. The molecule has 4 rings (SSSR count). The minimum atomic E-state index is 0.567. The molecule has 1 atom stereocenters. The van der Waals surface area contributed by atoms with Gasteiger partial charge in [0.05, 0.1) is 5.52 Å². The zero-order valence-electron chi connectivity index (χ0n) is 13.2. The van der Waals surface area contributed by atoms with Crippen LogP contribution in [0, 0.1) is 5.92 Å². The highest BCUT2D eigenvalue weighted by Crippen LogP contribution is 2.41. The standard InChI is InChI=1S/C19H25N3/c1-2-6-15(5-1)19(22-13-11-20-12-14-22)17-9-10-21-18-8-4-3-7-16(17)18/h3-4,7-10,15,19-20H,1-2,5-6,11-14H2/t19-/m0/s1. The van der Waals surface area contributed by atoms with Crippen molar-refractivity contribution in [2.24, 2.45) is 5.92 Å². The number of piperazine rings is 1. The second-order valence-electron chi connectivity index (χ2n) is 6.69. The normalized spacial score (nSPS) is 22.2. The largest absolute Gasteiger partial charge is 0.314 e. The lowest BCUT2D eigenvalue weighted by Gasteiger charge is -2.39. The fourth-order valence-corrected chi connectivity index (χ4v) is 4.36. The van der Waals surface area contributed by atoms with E-state index in [4.69, 9.17) is 0 Å².